The minimum Gasteiger partial charge on any atom is -1.00 e. The Morgan fingerprint density at radius 3 is 1.14 bits per heavy atom. The molecule has 0 nitrogen and oxygen atoms in total. The van der Waals surface area contributed by atoms with Crippen molar-refractivity contribution in [2.45, 2.75) is 78.3 Å². The summed E-state index contributed by atoms with van der Waals surface area (Å²) in [4.78, 5) is 0. The van der Waals surface area contributed by atoms with Gasteiger partial charge in [0.15, 0.2) is 0 Å². The molecule has 0 saturated carbocycles. The monoisotopic (exact) mass is 190 g/mol. The molecule has 0 heterocycles. The van der Waals surface area contributed by atoms with E-state index in [-0.39, 0.29) is 20.3 Å². The summed E-state index contributed by atoms with van der Waals surface area (Å²) in [5.74, 6) is 2.68. The van der Waals surface area contributed by atoms with Gasteiger partial charge in [0, 0.05) is 0 Å². The van der Waals surface area contributed by atoms with Crippen LogP contribution in [0.2, 0.25) is 17.5 Å². The van der Waals surface area contributed by atoms with E-state index in [0.29, 0.717) is 0 Å². The van der Waals surface area contributed by atoms with Crippen molar-refractivity contribution in [3.63, 3.8) is 0 Å². The number of hydrogen-bond acceptors (Lipinski definition) is 0. The standard InChI is InChI=1S/C12H27B.Li.H/c1-7-10(4)13(11(5)8-2)12(6)9-3;;/h10-12H,7-9H2,1-6H3;;/q;+1;-1. The molecule has 2 heteroatoms. The molecular formula is C12H28BLi. The van der Waals surface area contributed by atoms with E-state index in [2.05, 4.69) is 41.5 Å². The quantitative estimate of drug-likeness (QED) is 0.562. The minimum absolute atomic E-state index is 0. The summed E-state index contributed by atoms with van der Waals surface area (Å²) in [6.07, 6.45) is 4.00. The molecule has 0 amide bonds. The first-order valence-corrected chi connectivity index (χ1v) is 6.08. The predicted molar refractivity (Wildman–Crippen MR) is 66.0 cm³/mol. The van der Waals surface area contributed by atoms with Gasteiger partial charge >= 0.3 is 18.9 Å². The van der Waals surface area contributed by atoms with Gasteiger partial charge in [-0.2, -0.15) is 0 Å². The van der Waals surface area contributed by atoms with E-state index >= 15 is 0 Å². The molecule has 14 heavy (non-hydrogen) atoms. The zero-order valence-corrected chi connectivity index (χ0v) is 11.4. The fourth-order valence-corrected chi connectivity index (χ4v) is 2.50. The average molecular weight is 190 g/mol. The summed E-state index contributed by atoms with van der Waals surface area (Å²) in [5, 5.41) is 0. The Labute approximate surface area is 105 Å². The zero-order valence-electron chi connectivity index (χ0n) is 12.4. The molecular weight excluding hydrogens is 162 g/mol. The van der Waals surface area contributed by atoms with Gasteiger partial charge in [-0.3, -0.25) is 0 Å². The van der Waals surface area contributed by atoms with Crippen LogP contribution < -0.4 is 18.9 Å². The molecule has 3 unspecified atom stereocenters. The zero-order chi connectivity index (χ0) is 10.4. The Morgan fingerprint density at radius 1 is 0.786 bits per heavy atom. The van der Waals surface area contributed by atoms with E-state index in [1.54, 1.807) is 0 Å². The molecule has 3 atom stereocenters. The van der Waals surface area contributed by atoms with E-state index in [1.165, 1.54) is 19.3 Å². The van der Waals surface area contributed by atoms with Gasteiger partial charge in [0.25, 0.3) is 0 Å². The van der Waals surface area contributed by atoms with Crippen molar-refractivity contribution in [1.29, 1.82) is 0 Å². The summed E-state index contributed by atoms with van der Waals surface area (Å²) in [6.45, 7) is 15.2. The fourth-order valence-electron chi connectivity index (χ4n) is 2.50. The van der Waals surface area contributed by atoms with Gasteiger partial charge in [-0.25, -0.2) is 0 Å². The third-order valence-electron chi connectivity index (χ3n) is 3.90. The molecule has 0 N–H and O–H groups in total. The van der Waals surface area contributed by atoms with Crippen LogP contribution in [0.1, 0.15) is 62.2 Å². The second-order valence-corrected chi connectivity index (χ2v) is 4.73. The second-order valence-electron chi connectivity index (χ2n) is 4.73. The van der Waals surface area contributed by atoms with Crippen LogP contribution >= 0.6 is 0 Å². The topological polar surface area (TPSA) is 0 Å². The van der Waals surface area contributed by atoms with E-state index in [1.807, 2.05) is 0 Å². The number of rotatable bonds is 6. The molecule has 0 bridgehead atoms. The van der Waals surface area contributed by atoms with E-state index in [9.17, 15) is 0 Å². The van der Waals surface area contributed by atoms with Crippen LogP contribution in [0, 0.1) is 0 Å². The van der Waals surface area contributed by atoms with Gasteiger partial charge in [0.05, 0.1) is 0 Å². The Hall–Kier alpha value is 0.662. The van der Waals surface area contributed by atoms with Crippen LogP contribution in [0.25, 0.3) is 0 Å². The Kier molecular flexibility index (Phi) is 10.9. The maximum absolute atomic E-state index is 2.42. The average Bonchev–Trinajstić information content (AvgIpc) is 2.16. The molecule has 0 aliphatic rings. The molecule has 80 valence electrons. The molecule has 0 saturated heterocycles. The van der Waals surface area contributed by atoms with Crippen molar-refractivity contribution >= 4 is 6.71 Å². The maximum atomic E-state index is 2.42. The van der Waals surface area contributed by atoms with E-state index in [4.69, 9.17) is 0 Å². The van der Waals surface area contributed by atoms with E-state index < -0.39 is 0 Å². The van der Waals surface area contributed by atoms with Gasteiger partial charge in [0.1, 0.15) is 6.71 Å². The molecule has 0 aromatic carbocycles. The summed E-state index contributed by atoms with van der Waals surface area (Å²) < 4.78 is 0. The van der Waals surface area contributed by atoms with Gasteiger partial charge < -0.3 is 1.43 Å². The first-order chi connectivity index (χ1) is 6.08. The second kappa shape index (κ2) is 8.93. The molecule has 0 aliphatic heterocycles. The van der Waals surface area contributed by atoms with Crippen molar-refractivity contribution in [2.75, 3.05) is 0 Å². The van der Waals surface area contributed by atoms with Gasteiger partial charge in [0.2, 0.25) is 0 Å². The van der Waals surface area contributed by atoms with Gasteiger partial charge in [-0.05, 0) is 0 Å². The maximum Gasteiger partial charge on any atom is 1.00 e. The molecule has 0 aromatic rings. The first kappa shape index (κ1) is 17.1. The van der Waals surface area contributed by atoms with E-state index in [0.717, 1.165) is 24.2 Å². The normalized spacial score (nSPS) is 16.7. The fraction of sp³-hybridized carbons (Fsp3) is 1.00. The van der Waals surface area contributed by atoms with Gasteiger partial charge in [-0.1, -0.05) is 78.3 Å². The Bertz CT molecular complexity index is 109. The van der Waals surface area contributed by atoms with Crippen LogP contribution in [0.4, 0.5) is 0 Å². The molecule has 0 fully saturated rings. The van der Waals surface area contributed by atoms with Crippen molar-refractivity contribution in [2.24, 2.45) is 0 Å². The third kappa shape index (κ3) is 4.94. The van der Waals surface area contributed by atoms with Crippen LogP contribution in [0.5, 0.6) is 0 Å². The smallest absolute Gasteiger partial charge is 1.00 e. The van der Waals surface area contributed by atoms with Crippen molar-refractivity contribution in [3.8, 4) is 0 Å². The van der Waals surface area contributed by atoms with Crippen LogP contribution in [-0.2, 0) is 0 Å². The molecule has 0 spiro atoms. The molecule has 0 rings (SSSR count). The minimum atomic E-state index is 0. The molecule has 0 aliphatic carbocycles. The number of hydrogen-bond donors (Lipinski definition) is 0. The summed E-state index contributed by atoms with van der Waals surface area (Å²) >= 11 is 0. The van der Waals surface area contributed by atoms with Crippen molar-refractivity contribution in [1.82, 2.24) is 0 Å². The van der Waals surface area contributed by atoms with Gasteiger partial charge in [-0.15, -0.1) is 0 Å². The predicted octanol–water partition coefficient (Wildman–Crippen LogP) is 2.00. The largest absolute Gasteiger partial charge is 1.00 e. The molecule has 0 radical (unpaired) electrons. The Morgan fingerprint density at radius 2 is 1.00 bits per heavy atom. The third-order valence-corrected chi connectivity index (χ3v) is 3.90. The molecule has 0 aromatic heterocycles. The summed E-state index contributed by atoms with van der Waals surface area (Å²) in [5.41, 5.74) is 0. The first-order valence-electron chi connectivity index (χ1n) is 6.08. The Balaban J connectivity index is -0.000000720. The van der Waals surface area contributed by atoms with Crippen LogP contribution in [0.3, 0.4) is 0 Å². The van der Waals surface area contributed by atoms with Crippen LogP contribution in [0.15, 0.2) is 0 Å². The summed E-state index contributed by atoms with van der Waals surface area (Å²) in [6, 6.07) is 0. The summed E-state index contributed by atoms with van der Waals surface area (Å²) in [7, 11) is 0. The van der Waals surface area contributed by atoms with Crippen LogP contribution in [-0.4, -0.2) is 6.71 Å². The SMILES string of the molecule is CCC(C)B(C(C)CC)C(C)CC.[H-].[Li+]. The van der Waals surface area contributed by atoms with Crippen molar-refractivity contribution in [3.05, 3.63) is 0 Å². The van der Waals surface area contributed by atoms with Crippen molar-refractivity contribution < 1.29 is 20.3 Å².